The molecule has 0 saturated carbocycles. The number of hydrogen-bond acceptors (Lipinski definition) is 2. The third kappa shape index (κ3) is 2.51. The topological polar surface area (TPSA) is 38.1 Å². The zero-order valence-electron chi connectivity index (χ0n) is 9.54. The van der Waals surface area contributed by atoms with Crippen LogP contribution in [0.5, 0.6) is 0 Å². The lowest BCUT2D eigenvalue weighted by Crippen LogP contribution is -2.34. The van der Waals surface area contributed by atoms with Crippen molar-refractivity contribution in [3.63, 3.8) is 0 Å². The molecule has 0 spiro atoms. The standard InChI is InChI=1S/C12H17N3O/c1-14(8-9-15-7-6-13-10-15)12(16)11-4-2-3-5-11/h2-3,6-7,10-11H,4-5,8-9H2,1H3. The Bertz CT molecular complexity index is 362. The fourth-order valence-corrected chi connectivity index (χ4v) is 1.93. The molecule has 1 aromatic rings. The van der Waals surface area contributed by atoms with Crippen molar-refractivity contribution in [3.8, 4) is 0 Å². The maximum Gasteiger partial charge on any atom is 0.226 e. The average molecular weight is 219 g/mol. The van der Waals surface area contributed by atoms with Crippen molar-refractivity contribution in [1.29, 1.82) is 0 Å². The SMILES string of the molecule is CN(CCn1ccnc1)C(=O)C1CC=CC1. The Labute approximate surface area is 95.6 Å². The predicted molar refractivity (Wildman–Crippen MR) is 61.7 cm³/mol. The number of aromatic nitrogens is 2. The summed E-state index contributed by atoms with van der Waals surface area (Å²) in [5, 5.41) is 0. The minimum atomic E-state index is 0.174. The normalized spacial score (nSPS) is 15.6. The van der Waals surface area contributed by atoms with Crippen LogP contribution in [-0.4, -0.2) is 34.0 Å². The molecule has 0 bridgehead atoms. The molecule has 0 fully saturated rings. The molecule has 0 atom stereocenters. The van der Waals surface area contributed by atoms with Gasteiger partial charge in [0.1, 0.15) is 0 Å². The molecule has 1 aliphatic carbocycles. The Morgan fingerprint density at radius 2 is 2.25 bits per heavy atom. The monoisotopic (exact) mass is 219 g/mol. The highest BCUT2D eigenvalue weighted by molar-refractivity contribution is 5.79. The Morgan fingerprint density at radius 3 is 2.88 bits per heavy atom. The summed E-state index contributed by atoms with van der Waals surface area (Å²) in [6.07, 6.45) is 11.4. The van der Waals surface area contributed by atoms with E-state index in [-0.39, 0.29) is 11.8 Å². The zero-order valence-corrected chi connectivity index (χ0v) is 9.54. The van der Waals surface area contributed by atoms with Crippen LogP contribution in [0, 0.1) is 5.92 Å². The Morgan fingerprint density at radius 1 is 1.50 bits per heavy atom. The highest BCUT2D eigenvalue weighted by atomic mass is 16.2. The van der Waals surface area contributed by atoms with E-state index in [2.05, 4.69) is 17.1 Å². The van der Waals surface area contributed by atoms with Crippen molar-refractivity contribution in [2.45, 2.75) is 19.4 Å². The van der Waals surface area contributed by atoms with Gasteiger partial charge in [-0.25, -0.2) is 4.98 Å². The maximum absolute atomic E-state index is 12.0. The molecule has 0 unspecified atom stereocenters. The molecular formula is C12H17N3O. The summed E-state index contributed by atoms with van der Waals surface area (Å²) in [5.41, 5.74) is 0. The number of carbonyl (C=O) groups is 1. The number of imidazole rings is 1. The quantitative estimate of drug-likeness (QED) is 0.716. The first-order valence-electron chi connectivity index (χ1n) is 5.63. The van der Waals surface area contributed by atoms with Crippen LogP contribution in [0.15, 0.2) is 30.9 Å². The van der Waals surface area contributed by atoms with Crippen LogP contribution in [0.1, 0.15) is 12.8 Å². The number of likely N-dealkylation sites (N-methyl/N-ethyl adjacent to an activating group) is 1. The molecule has 0 aromatic carbocycles. The van der Waals surface area contributed by atoms with Gasteiger partial charge in [-0.2, -0.15) is 0 Å². The molecule has 1 aliphatic rings. The minimum Gasteiger partial charge on any atom is -0.344 e. The van der Waals surface area contributed by atoms with E-state index in [1.165, 1.54) is 0 Å². The summed E-state index contributed by atoms with van der Waals surface area (Å²) in [5.74, 6) is 0.429. The molecule has 0 saturated heterocycles. The second-order valence-electron chi connectivity index (χ2n) is 4.20. The van der Waals surface area contributed by atoms with Gasteiger partial charge in [-0.05, 0) is 12.8 Å². The predicted octanol–water partition coefficient (Wildman–Crippen LogP) is 1.31. The first kappa shape index (κ1) is 10.9. The van der Waals surface area contributed by atoms with Crippen molar-refractivity contribution >= 4 is 5.91 Å². The highest BCUT2D eigenvalue weighted by Crippen LogP contribution is 2.19. The number of allylic oxidation sites excluding steroid dienone is 2. The fourth-order valence-electron chi connectivity index (χ4n) is 1.93. The van der Waals surface area contributed by atoms with Crippen molar-refractivity contribution < 1.29 is 4.79 Å². The van der Waals surface area contributed by atoms with Gasteiger partial charge in [0.2, 0.25) is 5.91 Å². The van der Waals surface area contributed by atoms with Gasteiger partial charge in [-0.3, -0.25) is 4.79 Å². The van der Waals surface area contributed by atoms with Gasteiger partial charge < -0.3 is 9.47 Å². The molecule has 4 nitrogen and oxygen atoms in total. The molecule has 1 heterocycles. The van der Waals surface area contributed by atoms with E-state index in [4.69, 9.17) is 0 Å². The Balaban J connectivity index is 1.79. The average Bonchev–Trinajstić information content (AvgIpc) is 2.96. The van der Waals surface area contributed by atoms with E-state index in [1.54, 1.807) is 12.5 Å². The molecule has 86 valence electrons. The molecule has 1 aromatic heterocycles. The first-order chi connectivity index (χ1) is 7.77. The molecule has 0 aliphatic heterocycles. The second-order valence-corrected chi connectivity index (χ2v) is 4.20. The zero-order chi connectivity index (χ0) is 11.4. The third-order valence-electron chi connectivity index (χ3n) is 2.99. The van der Waals surface area contributed by atoms with Gasteiger partial charge >= 0.3 is 0 Å². The largest absolute Gasteiger partial charge is 0.344 e. The lowest BCUT2D eigenvalue weighted by molar-refractivity contribution is -0.133. The van der Waals surface area contributed by atoms with E-state index >= 15 is 0 Å². The van der Waals surface area contributed by atoms with Crippen LogP contribution >= 0.6 is 0 Å². The summed E-state index contributed by atoms with van der Waals surface area (Å²) in [4.78, 5) is 17.8. The van der Waals surface area contributed by atoms with E-state index in [0.717, 1.165) is 25.9 Å². The van der Waals surface area contributed by atoms with E-state index in [1.807, 2.05) is 22.7 Å². The van der Waals surface area contributed by atoms with Crippen molar-refractivity contribution in [2.75, 3.05) is 13.6 Å². The molecule has 0 N–H and O–H groups in total. The van der Waals surface area contributed by atoms with Crippen molar-refractivity contribution in [1.82, 2.24) is 14.5 Å². The van der Waals surface area contributed by atoms with Gasteiger partial charge in [0, 0.05) is 38.4 Å². The lowest BCUT2D eigenvalue weighted by Gasteiger charge is -2.21. The van der Waals surface area contributed by atoms with Crippen LogP contribution in [0.2, 0.25) is 0 Å². The number of nitrogens with zero attached hydrogens (tertiary/aromatic N) is 3. The molecule has 16 heavy (non-hydrogen) atoms. The number of carbonyl (C=O) groups excluding carboxylic acids is 1. The van der Waals surface area contributed by atoms with Gasteiger partial charge in [0.15, 0.2) is 0 Å². The van der Waals surface area contributed by atoms with Crippen molar-refractivity contribution in [3.05, 3.63) is 30.9 Å². The van der Waals surface area contributed by atoms with Gasteiger partial charge in [-0.1, -0.05) is 12.2 Å². The summed E-state index contributed by atoms with van der Waals surface area (Å²) in [7, 11) is 1.87. The second kappa shape index (κ2) is 4.96. The Hall–Kier alpha value is -1.58. The summed E-state index contributed by atoms with van der Waals surface area (Å²) in [6.45, 7) is 1.55. The lowest BCUT2D eigenvalue weighted by atomic mass is 10.1. The van der Waals surface area contributed by atoms with Crippen LogP contribution in [0.25, 0.3) is 0 Å². The molecule has 2 rings (SSSR count). The van der Waals surface area contributed by atoms with E-state index in [0.29, 0.717) is 0 Å². The van der Waals surface area contributed by atoms with Crippen LogP contribution in [0.4, 0.5) is 0 Å². The van der Waals surface area contributed by atoms with Crippen LogP contribution in [0.3, 0.4) is 0 Å². The smallest absolute Gasteiger partial charge is 0.226 e. The fraction of sp³-hybridized carbons (Fsp3) is 0.500. The summed E-state index contributed by atoms with van der Waals surface area (Å²) >= 11 is 0. The molecule has 1 amide bonds. The molecular weight excluding hydrogens is 202 g/mol. The van der Waals surface area contributed by atoms with E-state index < -0.39 is 0 Å². The maximum atomic E-state index is 12.0. The summed E-state index contributed by atoms with van der Waals surface area (Å²) in [6, 6.07) is 0. The van der Waals surface area contributed by atoms with Gasteiger partial charge in [-0.15, -0.1) is 0 Å². The van der Waals surface area contributed by atoms with Crippen LogP contribution in [-0.2, 0) is 11.3 Å². The van der Waals surface area contributed by atoms with Crippen LogP contribution < -0.4 is 0 Å². The first-order valence-corrected chi connectivity index (χ1v) is 5.63. The van der Waals surface area contributed by atoms with E-state index in [9.17, 15) is 4.79 Å². The minimum absolute atomic E-state index is 0.174. The third-order valence-corrected chi connectivity index (χ3v) is 2.99. The molecule has 0 radical (unpaired) electrons. The highest BCUT2D eigenvalue weighted by Gasteiger charge is 2.22. The number of hydrogen-bond donors (Lipinski definition) is 0. The number of rotatable bonds is 4. The van der Waals surface area contributed by atoms with Gasteiger partial charge in [0.05, 0.1) is 6.33 Å². The van der Waals surface area contributed by atoms with Crippen molar-refractivity contribution in [2.24, 2.45) is 5.92 Å². The van der Waals surface area contributed by atoms with Gasteiger partial charge in [0.25, 0.3) is 0 Å². The summed E-state index contributed by atoms with van der Waals surface area (Å²) < 4.78 is 1.98. The molecule has 4 heteroatoms. The Kier molecular flexibility index (Phi) is 3.39. The number of amides is 1.